The van der Waals surface area contributed by atoms with Crippen LogP contribution in [0.3, 0.4) is 0 Å². The van der Waals surface area contributed by atoms with Crippen LogP contribution >= 0.6 is 11.6 Å². The van der Waals surface area contributed by atoms with E-state index in [2.05, 4.69) is 0 Å². The molecule has 5 aromatic rings. The van der Waals surface area contributed by atoms with E-state index in [1.54, 1.807) is 48.5 Å². The Hall–Kier alpha value is -4.16. The molecule has 0 aliphatic heterocycles. The summed E-state index contributed by atoms with van der Waals surface area (Å²) in [5.41, 5.74) is 0.399. The molecule has 0 amide bonds. The van der Waals surface area contributed by atoms with Crippen LogP contribution in [0, 0.1) is 0 Å². The number of fused-ring (bicyclic) bond motifs is 2. The summed E-state index contributed by atoms with van der Waals surface area (Å²) in [6.45, 7) is 0. The fraction of sp³-hybridized carbons (Fsp3) is 0. The van der Waals surface area contributed by atoms with E-state index in [4.69, 9.17) is 25.2 Å². The molecular formula is C25H13ClO6. The molecule has 0 aliphatic carbocycles. The molecule has 2 heterocycles. The first kappa shape index (κ1) is 19.8. The molecule has 0 saturated heterocycles. The smallest absolute Gasteiger partial charge is 0.351 e. The van der Waals surface area contributed by atoms with Crippen molar-refractivity contribution in [1.82, 2.24) is 0 Å². The van der Waals surface area contributed by atoms with E-state index in [1.807, 2.05) is 0 Å². The number of benzene rings is 3. The molecule has 2 aromatic heterocycles. The molecule has 3 aromatic carbocycles. The van der Waals surface area contributed by atoms with Gasteiger partial charge in [0.2, 0.25) is 0 Å². The number of hydrogen-bond donors (Lipinski definition) is 0. The highest BCUT2D eigenvalue weighted by atomic mass is 35.5. The van der Waals surface area contributed by atoms with Gasteiger partial charge in [0.15, 0.2) is 5.43 Å². The maximum Gasteiger partial charge on any atom is 0.351 e. The SMILES string of the molecule is O=C(Oc1ccc2c(=O)c(-c3ccc(Cl)cc3)coc2c1)c1cc2ccccc2oc1=O. The summed E-state index contributed by atoms with van der Waals surface area (Å²) in [4.78, 5) is 37.6. The minimum absolute atomic E-state index is 0.123. The summed E-state index contributed by atoms with van der Waals surface area (Å²) in [6, 6.07) is 19.5. The Morgan fingerprint density at radius 3 is 2.47 bits per heavy atom. The summed E-state index contributed by atoms with van der Waals surface area (Å²) in [5, 5.41) is 1.48. The topological polar surface area (TPSA) is 86.7 Å². The third-order valence-electron chi connectivity index (χ3n) is 4.97. The molecule has 6 nitrogen and oxygen atoms in total. The average molecular weight is 445 g/mol. The van der Waals surface area contributed by atoms with Crippen LogP contribution in [0.4, 0.5) is 0 Å². The fourth-order valence-corrected chi connectivity index (χ4v) is 3.49. The number of carbonyl (C=O) groups is 1. The van der Waals surface area contributed by atoms with Crippen LogP contribution in [-0.4, -0.2) is 5.97 Å². The first-order chi connectivity index (χ1) is 15.5. The predicted molar refractivity (Wildman–Crippen MR) is 120 cm³/mol. The average Bonchev–Trinajstić information content (AvgIpc) is 2.79. The largest absolute Gasteiger partial charge is 0.463 e. The van der Waals surface area contributed by atoms with Gasteiger partial charge >= 0.3 is 11.6 Å². The Balaban J connectivity index is 1.48. The van der Waals surface area contributed by atoms with Crippen LogP contribution in [0.5, 0.6) is 5.75 Å². The van der Waals surface area contributed by atoms with Crippen molar-refractivity contribution in [3.8, 4) is 16.9 Å². The number of esters is 1. The van der Waals surface area contributed by atoms with E-state index in [1.165, 1.54) is 30.5 Å². The highest BCUT2D eigenvalue weighted by Gasteiger charge is 2.17. The van der Waals surface area contributed by atoms with E-state index in [-0.39, 0.29) is 22.3 Å². The lowest BCUT2D eigenvalue weighted by molar-refractivity contribution is 0.0730. The number of hydrogen-bond acceptors (Lipinski definition) is 6. The molecule has 0 N–H and O–H groups in total. The highest BCUT2D eigenvalue weighted by molar-refractivity contribution is 6.30. The molecule has 0 spiro atoms. The van der Waals surface area contributed by atoms with Crippen molar-refractivity contribution < 1.29 is 18.4 Å². The normalized spacial score (nSPS) is 11.0. The molecular weight excluding hydrogens is 432 g/mol. The Bertz CT molecular complexity index is 1610. The van der Waals surface area contributed by atoms with Crippen molar-refractivity contribution in [3.05, 3.63) is 110 Å². The fourth-order valence-electron chi connectivity index (χ4n) is 3.37. The quantitative estimate of drug-likeness (QED) is 0.209. The van der Waals surface area contributed by atoms with Gasteiger partial charge in [-0.1, -0.05) is 41.9 Å². The molecule has 0 atom stereocenters. The van der Waals surface area contributed by atoms with Crippen LogP contribution in [0.25, 0.3) is 33.1 Å². The lowest BCUT2D eigenvalue weighted by Crippen LogP contribution is -2.18. The van der Waals surface area contributed by atoms with Crippen LogP contribution in [-0.2, 0) is 0 Å². The van der Waals surface area contributed by atoms with E-state index in [0.29, 0.717) is 32.5 Å². The Labute approximate surface area is 185 Å². The first-order valence-corrected chi connectivity index (χ1v) is 9.94. The number of carbonyl (C=O) groups excluding carboxylic acids is 1. The molecule has 0 aliphatic rings. The minimum atomic E-state index is -0.871. The number of para-hydroxylation sites is 1. The minimum Gasteiger partial charge on any atom is -0.463 e. The van der Waals surface area contributed by atoms with Gasteiger partial charge in [-0.05, 0) is 42.0 Å². The van der Waals surface area contributed by atoms with E-state index in [9.17, 15) is 14.4 Å². The van der Waals surface area contributed by atoms with Crippen molar-refractivity contribution in [2.45, 2.75) is 0 Å². The van der Waals surface area contributed by atoms with Gasteiger partial charge in [-0.2, -0.15) is 0 Å². The molecule has 7 heteroatoms. The molecule has 0 fully saturated rings. The second-order valence-electron chi connectivity index (χ2n) is 7.02. The third kappa shape index (κ3) is 3.57. The molecule has 0 bridgehead atoms. The monoisotopic (exact) mass is 444 g/mol. The van der Waals surface area contributed by atoms with Gasteiger partial charge in [0.25, 0.3) is 0 Å². The van der Waals surface area contributed by atoms with Crippen molar-refractivity contribution >= 4 is 39.5 Å². The van der Waals surface area contributed by atoms with Crippen molar-refractivity contribution in [3.63, 3.8) is 0 Å². The van der Waals surface area contributed by atoms with Gasteiger partial charge < -0.3 is 13.6 Å². The predicted octanol–water partition coefficient (Wildman–Crippen LogP) is 5.44. The Morgan fingerprint density at radius 2 is 1.66 bits per heavy atom. The second kappa shape index (κ2) is 7.83. The van der Waals surface area contributed by atoms with E-state index < -0.39 is 11.6 Å². The molecule has 0 unspecified atom stereocenters. The zero-order valence-electron chi connectivity index (χ0n) is 16.3. The van der Waals surface area contributed by atoms with E-state index >= 15 is 0 Å². The zero-order valence-corrected chi connectivity index (χ0v) is 17.1. The van der Waals surface area contributed by atoms with Gasteiger partial charge in [-0.3, -0.25) is 4.79 Å². The van der Waals surface area contributed by atoms with Gasteiger partial charge in [0.1, 0.15) is 28.7 Å². The molecule has 156 valence electrons. The van der Waals surface area contributed by atoms with Gasteiger partial charge in [-0.25, -0.2) is 9.59 Å². The van der Waals surface area contributed by atoms with E-state index in [0.717, 1.165) is 0 Å². The summed E-state index contributed by atoms with van der Waals surface area (Å²) < 4.78 is 16.1. The van der Waals surface area contributed by atoms with Crippen molar-refractivity contribution in [2.75, 3.05) is 0 Å². The van der Waals surface area contributed by atoms with Crippen LogP contribution in [0.2, 0.25) is 5.02 Å². The number of rotatable bonds is 3. The lowest BCUT2D eigenvalue weighted by Gasteiger charge is -2.07. The van der Waals surface area contributed by atoms with Crippen LogP contribution in [0.15, 0.2) is 97.5 Å². The molecule has 0 saturated carbocycles. The first-order valence-electron chi connectivity index (χ1n) is 9.56. The molecule has 5 rings (SSSR count). The van der Waals surface area contributed by atoms with Crippen LogP contribution in [0.1, 0.15) is 10.4 Å². The summed E-state index contributed by atoms with van der Waals surface area (Å²) in [7, 11) is 0. The maximum atomic E-state index is 12.9. The van der Waals surface area contributed by atoms with Crippen molar-refractivity contribution in [2.24, 2.45) is 0 Å². The Kier molecular flexibility index (Phi) is 4.84. The summed E-state index contributed by atoms with van der Waals surface area (Å²) in [6.07, 6.45) is 1.34. The highest BCUT2D eigenvalue weighted by Crippen LogP contribution is 2.24. The zero-order chi connectivity index (χ0) is 22.2. The third-order valence-corrected chi connectivity index (χ3v) is 5.23. The number of ether oxygens (including phenoxy) is 1. The molecule has 32 heavy (non-hydrogen) atoms. The van der Waals surface area contributed by atoms with Crippen molar-refractivity contribution in [1.29, 1.82) is 0 Å². The van der Waals surface area contributed by atoms with Gasteiger partial charge in [0.05, 0.1) is 10.9 Å². The van der Waals surface area contributed by atoms with Crippen LogP contribution < -0.4 is 15.8 Å². The maximum absolute atomic E-state index is 12.9. The number of halogens is 1. The second-order valence-corrected chi connectivity index (χ2v) is 7.45. The molecule has 0 radical (unpaired) electrons. The lowest BCUT2D eigenvalue weighted by atomic mass is 10.1. The van der Waals surface area contributed by atoms with Gasteiger partial charge in [-0.15, -0.1) is 0 Å². The summed E-state index contributed by atoms with van der Waals surface area (Å²) in [5.74, 6) is -0.749. The Morgan fingerprint density at radius 1 is 0.875 bits per heavy atom. The summed E-state index contributed by atoms with van der Waals surface area (Å²) >= 11 is 5.91. The van der Waals surface area contributed by atoms with Gasteiger partial charge in [0, 0.05) is 16.5 Å². The standard InChI is InChI=1S/C25H13ClO6/c26-16-7-5-14(6-8-16)20-13-30-22-12-17(9-10-18(22)23(20)27)31-24(28)19-11-15-3-1-2-4-21(15)32-25(19)29/h1-13H.